The first-order valence-electron chi connectivity index (χ1n) is 15.8. The third-order valence-corrected chi connectivity index (χ3v) is 11.6. The van der Waals surface area contributed by atoms with Crippen LogP contribution in [0.25, 0.3) is 0 Å². The van der Waals surface area contributed by atoms with Crippen LogP contribution in [0.1, 0.15) is 54.2 Å². The number of nitrogens with one attached hydrogen (secondary N) is 1. The Balaban J connectivity index is 1.48. The van der Waals surface area contributed by atoms with E-state index in [0.29, 0.717) is 67.0 Å². The van der Waals surface area contributed by atoms with Crippen LogP contribution >= 0.6 is 0 Å². The zero-order valence-corrected chi connectivity index (χ0v) is 27.8. The second kappa shape index (κ2) is 13.8. The summed E-state index contributed by atoms with van der Waals surface area (Å²) >= 11 is 0. The second-order valence-corrected chi connectivity index (χ2v) is 16.6. The molecule has 12 nitrogen and oxygen atoms in total. The molecule has 13 heteroatoms. The molecule has 0 aliphatic carbocycles. The third-order valence-electron chi connectivity index (χ3n) is 9.11. The van der Waals surface area contributed by atoms with Crippen molar-refractivity contribution in [3.05, 3.63) is 71.5 Å². The van der Waals surface area contributed by atoms with Gasteiger partial charge in [0.2, 0.25) is 0 Å². The first-order chi connectivity index (χ1) is 22.0. The van der Waals surface area contributed by atoms with E-state index >= 15 is 0 Å². The smallest absolute Gasteiger partial charge is 0.305 e. The fourth-order valence-electron chi connectivity index (χ4n) is 7.02. The predicted molar refractivity (Wildman–Crippen MR) is 174 cm³/mol. The fraction of sp³-hybridized carbons (Fsp3) is 0.485. The highest BCUT2D eigenvalue weighted by molar-refractivity contribution is 6.71. The maximum atomic E-state index is 14.6. The highest BCUT2D eigenvalue weighted by Gasteiger charge is 2.66. The molecular weight excluding hydrogens is 606 g/mol. The number of aromatic nitrogens is 3. The number of anilines is 2. The molecular formula is C33H43N5O7Si. The zero-order valence-electron chi connectivity index (χ0n) is 26.8. The Kier molecular flexibility index (Phi) is 10.1. The van der Waals surface area contributed by atoms with E-state index < -0.39 is 20.0 Å². The molecule has 2 aliphatic rings. The van der Waals surface area contributed by atoms with Gasteiger partial charge in [0.05, 0.1) is 24.6 Å². The lowest BCUT2D eigenvalue weighted by Crippen LogP contribution is -2.46. The molecule has 3 N–H and O–H groups in total. The molecule has 1 aromatic heterocycles. The number of hydrogen-bond acceptors (Lipinski definition) is 9. The number of aryl methyl sites for hydroxylation is 1. The molecule has 2 amide bonds. The number of benzene rings is 2. The summed E-state index contributed by atoms with van der Waals surface area (Å²) in [6.07, 6.45) is 3.61. The van der Waals surface area contributed by atoms with Gasteiger partial charge in [-0.1, -0.05) is 30.3 Å². The number of rotatable bonds is 13. The Bertz CT molecular complexity index is 1560. The van der Waals surface area contributed by atoms with E-state index in [0.717, 1.165) is 0 Å². The molecule has 0 unspecified atom stereocenters. The molecule has 3 aromatic rings. The minimum atomic E-state index is -2.89. The van der Waals surface area contributed by atoms with Crippen molar-refractivity contribution in [2.75, 3.05) is 30.5 Å². The molecule has 1 fully saturated rings. The van der Waals surface area contributed by atoms with Gasteiger partial charge in [-0.15, -0.1) is 5.10 Å². The SMILES string of the molecule is COC(=O)CCCCN1C(=O)[C@]2(O[C@H](CCn3cc(CCO)nn3)[C@@H]([Si](C)(C)O)[C@@H]2C)c2cc(NC(=O)c3ccccc3)ccc21. The van der Waals surface area contributed by atoms with Crippen molar-refractivity contribution in [2.24, 2.45) is 5.92 Å². The molecule has 0 bridgehead atoms. The highest BCUT2D eigenvalue weighted by Crippen LogP contribution is 2.60. The first kappa shape index (κ1) is 33.5. The van der Waals surface area contributed by atoms with E-state index in [9.17, 15) is 24.3 Å². The number of carbonyl (C=O) groups is 3. The standard InChI is InChI=1S/C33H43N5O7Si/c1-22-30(46(3,4)43)28(15-18-37-21-25(16-19-39)35-36-37)45-33(22)26-20-24(34-31(41)23-10-6-5-7-11-23)13-14-27(26)38(32(33)42)17-9-8-12-29(40)44-2/h5-7,10-11,13-14,20-22,28,30,39,43H,8-9,12,15-19H2,1-4H3,(H,34,41)/t22-,28+,30-,33+/m0/s1. The number of carbonyl (C=O) groups excluding carboxylic acids is 3. The monoisotopic (exact) mass is 649 g/mol. The zero-order chi connectivity index (χ0) is 33.1. The van der Waals surface area contributed by atoms with Gasteiger partial charge in [0, 0.05) is 67.0 Å². The van der Waals surface area contributed by atoms with Crippen LogP contribution in [0.5, 0.6) is 0 Å². The van der Waals surface area contributed by atoms with Crippen LogP contribution in [0.2, 0.25) is 18.6 Å². The maximum Gasteiger partial charge on any atom is 0.305 e. The molecule has 0 saturated carbocycles. The highest BCUT2D eigenvalue weighted by atomic mass is 28.4. The number of fused-ring (bicyclic) bond motifs is 2. The van der Waals surface area contributed by atoms with Gasteiger partial charge in [-0.05, 0) is 62.7 Å². The fourth-order valence-corrected chi connectivity index (χ4v) is 9.62. The Morgan fingerprint density at radius 2 is 1.89 bits per heavy atom. The molecule has 1 spiro atoms. The van der Waals surface area contributed by atoms with Gasteiger partial charge in [0.25, 0.3) is 11.8 Å². The van der Waals surface area contributed by atoms with Crippen molar-refractivity contribution in [3.8, 4) is 0 Å². The van der Waals surface area contributed by atoms with Crippen molar-refractivity contribution >= 4 is 37.5 Å². The summed E-state index contributed by atoms with van der Waals surface area (Å²) in [7, 11) is -1.53. The summed E-state index contributed by atoms with van der Waals surface area (Å²) < 4.78 is 13.4. The number of aliphatic hydroxyl groups is 1. The normalized spacial score (nSPS) is 22.3. The van der Waals surface area contributed by atoms with Crippen molar-refractivity contribution in [1.82, 2.24) is 15.0 Å². The Morgan fingerprint density at radius 1 is 1.13 bits per heavy atom. The molecule has 46 heavy (non-hydrogen) atoms. The summed E-state index contributed by atoms with van der Waals surface area (Å²) in [4.78, 5) is 52.7. The van der Waals surface area contributed by atoms with Crippen LogP contribution in [0.3, 0.4) is 0 Å². The molecule has 2 aliphatic heterocycles. The van der Waals surface area contributed by atoms with Gasteiger partial charge < -0.3 is 29.6 Å². The predicted octanol–water partition coefficient (Wildman–Crippen LogP) is 3.64. The number of amides is 2. The Hall–Kier alpha value is -3.91. The third kappa shape index (κ3) is 6.63. The molecule has 2 aromatic carbocycles. The summed E-state index contributed by atoms with van der Waals surface area (Å²) in [6, 6.07) is 14.3. The summed E-state index contributed by atoms with van der Waals surface area (Å²) in [5, 5.41) is 20.5. The van der Waals surface area contributed by atoms with Gasteiger partial charge in [-0.3, -0.25) is 19.1 Å². The van der Waals surface area contributed by atoms with E-state index in [2.05, 4.69) is 15.6 Å². The van der Waals surface area contributed by atoms with Crippen molar-refractivity contribution < 1.29 is 33.8 Å². The average Bonchev–Trinajstić information content (AvgIpc) is 3.68. The Morgan fingerprint density at radius 3 is 2.59 bits per heavy atom. The quantitative estimate of drug-likeness (QED) is 0.143. The second-order valence-electron chi connectivity index (χ2n) is 12.6. The van der Waals surface area contributed by atoms with Gasteiger partial charge in [-0.2, -0.15) is 0 Å². The number of unbranched alkanes of at least 4 members (excludes halogenated alkanes) is 1. The Labute approximate surface area is 269 Å². The van der Waals surface area contributed by atoms with Crippen molar-refractivity contribution in [3.63, 3.8) is 0 Å². The minimum absolute atomic E-state index is 0.0225. The van der Waals surface area contributed by atoms with Gasteiger partial charge in [-0.25, -0.2) is 0 Å². The molecule has 4 atom stereocenters. The number of ether oxygens (including phenoxy) is 2. The van der Waals surface area contributed by atoms with Crippen molar-refractivity contribution in [1.29, 1.82) is 0 Å². The first-order valence-corrected chi connectivity index (χ1v) is 18.8. The molecule has 1 saturated heterocycles. The van der Waals surface area contributed by atoms with Crippen LogP contribution in [-0.2, 0) is 37.6 Å². The lowest BCUT2D eigenvalue weighted by Gasteiger charge is -2.32. The van der Waals surface area contributed by atoms with Crippen LogP contribution in [0, 0.1) is 5.92 Å². The van der Waals surface area contributed by atoms with E-state index in [1.54, 1.807) is 46.1 Å². The average molecular weight is 650 g/mol. The van der Waals surface area contributed by atoms with Crippen LogP contribution in [0.4, 0.5) is 11.4 Å². The van der Waals surface area contributed by atoms with Crippen molar-refractivity contribution in [2.45, 2.75) is 75.9 Å². The van der Waals surface area contributed by atoms with E-state index in [4.69, 9.17) is 9.47 Å². The molecule has 0 radical (unpaired) electrons. The molecule has 246 valence electrons. The number of nitrogens with zero attached hydrogens (tertiary/aromatic N) is 4. The lowest BCUT2D eigenvalue weighted by molar-refractivity contribution is -0.146. The number of esters is 1. The van der Waals surface area contributed by atoms with Crippen LogP contribution < -0.4 is 10.2 Å². The molecule has 5 rings (SSSR count). The topological polar surface area (TPSA) is 156 Å². The maximum absolute atomic E-state index is 14.6. The lowest BCUT2D eigenvalue weighted by atomic mass is 9.82. The largest absolute Gasteiger partial charge is 0.469 e. The summed E-state index contributed by atoms with van der Waals surface area (Å²) in [5.74, 6) is -1.16. The van der Waals surface area contributed by atoms with Crippen LogP contribution in [-0.4, -0.2) is 77.4 Å². The summed E-state index contributed by atoms with van der Waals surface area (Å²) in [6.45, 7) is 6.53. The minimum Gasteiger partial charge on any atom is -0.469 e. The number of methoxy groups -OCH3 is 1. The number of aliphatic hydroxyl groups excluding tert-OH is 1. The van der Waals surface area contributed by atoms with Gasteiger partial charge in [0.15, 0.2) is 13.9 Å². The van der Waals surface area contributed by atoms with Crippen LogP contribution in [0.15, 0.2) is 54.7 Å². The van der Waals surface area contributed by atoms with E-state index in [-0.39, 0.29) is 42.3 Å². The molecule has 3 heterocycles. The van der Waals surface area contributed by atoms with Gasteiger partial charge >= 0.3 is 5.97 Å². The van der Waals surface area contributed by atoms with E-state index in [1.807, 2.05) is 38.2 Å². The number of hydrogen-bond donors (Lipinski definition) is 3. The summed E-state index contributed by atoms with van der Waals surface area (Å²) in [5.41, 5.74) is 1.40. The van der Waals surface area contributed by atoms with Gasteiger partial charge in [0.1, 0.15) is 0 Å². The van der Waals surface area contributed by atoms with E-state index in [1.165, 1.54) is 7.11 Å².